The summed E-state index contributed by atoms with van der Waals surface area (Å²) in [7, 11) is 0. The number of nitrogens with zero attached hydrogens (tertiary/aromatic N) is 1. The van der Waals surface area contributed by atoms with Gasteiger partial charge in [-0.15, -0.1) is 0 Å². The van der Waals surface area contributed by atoms with Crippen molar-refractivity contribution in [1.29, 1.82) is 0 Å². The summed E-state index contributed by atoms with van der Waals surface area (Å²) < 4.78 is 0. The Labute approximate surface area is 108 Å². The zero-order chi connectivity index (χ0) is 12.3. The third-order valence-electron chi connectivity index (χ3n) is 2.15. The van der Waals surface area contributed by atoms with Crippen LogP contribution in [0.2, 0.25) is 10.0 Å². The molecule has 0 aliphatic carbocycles. The van der Waals surface area contributed by atoms with Crippen LogP contribution in [-0.2, 0) is 6.54 Å². The zero-order valence-electron chi connectivity index (χ0n) is 8.71. The Balaban J connectivity index is 2.02. The van der Waals surface area contributed by atoms with Gasteiger partial charge in [-0.05, 0) is 18.2 Å². The summed E-state index contributed by atoms with van der Waals surface area (Å²) in [5.74, 6) is 0.471. The predicted molar refractivity (Wildman–Crippen MR) is 66.2 cm³/mol. The fourth-order valence-electron chi connectivity index (χ4n) is 1.30. The van der Waals surface area contributed by atoms with Crippen LogP contribution < -0.4 is 5.32 Å². The molecule has 1 heterocycles. The number of halogens is 2. The van der Waals surface area contributed by atoms with Crippen molar-refractivity contribution in [3.8, 4) is 0 Å². The van der Waals surface area contributed by atoms with E-state index >= 15 is 0 Å². The molecule has 2 rings (SSSR count). The first kappa shape index (κ1) is 12.0. The molecule has 0 bridgehead atoms. The first-order chi connectivity index (χ1) is 8.16. The van der Waals surface area contributed by atoms with Gasteiger partial charge in [0.15, 0.2) is 0 Å². The molecular formula is C11H9Cl2N3O. The average molecular weight is 270 g/mol. The van der Waals surface area contributed by atoms with Crippen LogP contribution in [0.25, 0.3) is 0 Å². The molecule has 0 saturated carbocycles. The van der Waals surface area contributed by atoms with Gasteiger partial charge in [0, 0.05) is 18.0 Å². The van der Waals surface area contributed by atoms with Gasteiger partial charge in [0.25, 0.3) is 5.91 Å². The van der Waals surface area contributed by atoms with Gasteiger partial charge < -0.3 is 10.3 Å². The van der Waals surface area contributed by atoms with E-state index in [0.717, 1.165) is 0 Å². The van der Waals surface area contributed by atoms with Crippen LogP contribution in [0.15, 0.2) is 30.6 Å². The molecule has 0 atom stereocenters. The highest BCUT2D eigenvalue weighted by molar-refractivity contribution is 6.42. The van der Waals surface area contributed by atoms with Gasteiger partial charge in [0.05, 0.1) is 16.6 Å². The van der Waals surface area contributed by atoms with Gasteiger partial charge in [0.2, 0.25) is 0 Å². The van der Waals surface area contributed by atoms with Crippen LogP contribution in [0.4, 0.5) is 0 Å². The summed E-state index contributed by atoms with van der Waals surface area (Å²) in [4.78, 5) is 18.6. The lowest BCUT2D eigenvalue weighted by atomic mass is 10.2. The van der Waals surface area contributed by atoms with Crippen molar-refractivity contribution in [3.05, 3.63) is 52.0 Å². The van der Waals surface area contributed by atoms with Crippen molar-refractivity contribution in [2.75, 3.05) is 0 Å². The highest BCUT2D eigenvalue weighted by Gasteiger charge is 2.08. The maximum Gasteiger partial charge on any atom is 0.251 e. The zero-order valence-corrected chi connectivity index (χ0v) is 10.2. The monoisotopic (exact) mass is 269 g/mol. The molecule has 6 heteroatoms. The second-order valence-electron chi connectivity index (χ2n) is 3.35. The molecular weight excluding hydrogens is 261 g/mol. The van der Waals surface area contributed by atoms with E-state index in [1.165, 1.54) is 6.07 Å². The molecule has 0 radical (unpaired) electrons. The minimum Gasteiger partial charge on any atom is -0.347 e. The second-order valence-corrected chi connectivity index (χ2v) is 4.16. The molecule has 1 aromatic carbocycles. The van der Waals surface area contributed by atoms with Crippen molar-refractivity contribution in [3.63, 3.8) is 0 Å². The van der Waals surface area contributed by atoms with Crippen molar-refractivity contribution < 1.29 is 4.79 Å². The Morgan fingerprint density at radius 1 is 1.35 bits per heavy atom. The molecule has 0 saturated heterocycles. The maximum atomic E-state index is 11.7. The van der Waals surface area contributed by atoms with E-state index in [1.807, 2.05) is 0 Å². The molecule has 1 aromatic heterocycles. The summed E-state index contributed by atoms with van der Waals surface area (Å²) >= 11 is 11.6. The first-order valence-corrected chi connectivity index (χ1v) is 5.64. The molecule has 4 nitrogen and oxygen atoms in total. The number of carbonyl (C=O) groups is 1. The van der Waals surface area contributed by atoms with Crippen LogP contribution in [0.3, 0.4) is 0 Å². The Morgan fingerprint density at radius 3 is 2.82 bits per heavy atom. The number of amides is 1. The minimum atomic E-state index is -0.222. The van der Waals surface area contributed by atoms with Crippen molar-refractivity contribution >= 4 is 29.1 Å². The topological polar surface area (TPSA) is 57.8 Å². The third kappa shape index (κ3) is 2.99. The molecule has 1 amide bonds. The summed E-state index contributed by atoms with van der Waals surface area (Å²) in [6.45, 7) is 0.339. The number of aromatic amines is 1. The minimum absolute atomic E-state index is 0.222. The fourth-order valence-corrected chi connectivity index (χ4v) is 1.60. The van der Waals surface area contributed by atoms with Crippen molar-refractivity contribution in [1.82, 2.24) is 15.3 Å². The van der Waals surface area contributed by atoms with Crippen LogP contribution in [0, 0.1) is 0 Å². The van der Waals surface area contributed by atoms with E-state index in [9.17, 15) is 4.79 Å². The third-order valence-corrected chi connectivity index (χ3v) is 2.89. The number of imidazole rings is 1. The normalized spacial score (nSPS) is 10.2. The van der Waals surface area contributed by atoms with Gasteiger partial charge in [-0.3, -0.25) is 4.79 Å². The first-order valence-electron chi connectivity index (χ1n) is 4.88. The van der Waals surface area contributed by atoms with Crippen molar-refractivity contribution in [2.45, 2.75) is 6.54 Å². The van der Waals surface area contributed by atoms with Crippen LogP contribution in [0.1, 0.15) is 16.2 Å². The lowest BCUT2D eigenvalue weighted by Gasteiger charge is -2.04. The van der Waals surface area contributed by atoms with Crippen LogP contribution >= 0.6 is 23.2 Å². The summed E-state index contributed by atoms with van der Waals surface area (Å²) in [5, 5.41) is 3.50. The predicted octanol–water partition coefficient (Wildman–Crippen LogP) is 2.65. The lowest BCUT2D eigenvalue weighted by Crippen LogP contribution is -2.23. The SMILES string of the molecule is O=C(NCc1ncc[nH]1)c1ccc(Cl)c(Cl)c1. The van der Waals surface area contributed by atoms with Gasteiger partial charge in [-0.1, -0.05) is 23.2 Å². The average Bonchev–Trinajstić information content (AvgIpc) is 2.82. The number of H-pyrrole nitrogens is 1. The van der Waals surface area contributed by atoms with Gasteiger partial charge in [-0.2, -0.15) is 0 Å². The maximum absolute atomic E-state index is 11.7. The summed E-state index contributed by atoms with van der Waals surface area (Å²) in [6.07, 6.45) is 3.32. The Hall–Kier alpha value is -1.52. The number of hydrogen-bond acceptors (Lipinski definition) is 2. The van der Waals surface area contributed by atoms with Crippen LogP contribution in [0.5, 0.6) is 0 Å². The fraction of sp³-hybridized carbons (Fsp3) is 0.0909. The molecule has 17 heavy (non-hydrogen) atoms. The molecule has 2 aromatic rings. The number of carbonyl (C=O) groups excluding carboxylic acids is 1. The van der Waals surface area contributed by atoms with E-state index in [4.69, 9.17) is 23.2 Å². The molecule has 88 valence electrons. The van der Waals surface area contributed by atoms with E-state index in [-0.39, 0.29) is 5.91 Å². The Morgan fingerprint density at radius 2 is 2.18 bits per heavy atom. The molecule has 0 fully saturated rings. The van der Waals surface area contributed by atoms with Crippen molar-refractivity contribution in [2.24, 2.45) is 0 Å². The number of rotatable bonds is 3. The van der Waals surface area contributed by atoms with E-state index in [1.54, 1.807) is 24.5 Å². The van der Waals surface area contributed by atoms with E-state index in [2.05, 4.69) is 15.3 Å². The largest absolute Gasteiger partial charge is 0.347 e. The molecule has 2 N–H and O–H groups in total. The van der Waals surface area contributed by atoms with Gasteiger partial charge in [-0.25, -0.2) is 4.98 Å². The summed E-state index contributed by atoms with van der Waals surface area (Å²) in [6, 6.07) is 4.73. The molecule has 0 unspecified atom stereocenters. The Kier molecular flexibility index (Phi) is 3.66. The lowest BCUT2D eigenvalue weighted by molar-refractivity contribution is 0.0950. The smallest absolute Gasteiger partial charge is 0.251 e. The molecule has 0 aliphatic rings. The highest BCUT2D eigenvalue weighted by atomic mass is 35.5. The molecule has 0 aliphatic heterocycles. The molecule has 0 spiro atoms. The number of hydrogen-bond donors (Lipinski definition) is 2. The van der Waals surface area contributed by atoms with Gasteiger partial charge in [0.1, 0.15) is 5.82 Å². The second kappa shape index (κ2) is 5.21. The van der Waals surface area contributed by atoms with Gasteiger partial charge >= 0.3 is 0 Å². The number of aromatic nitrogens is 2. The summed E-state index contributed by atoms with van der Waals surface area (Å²) in [5.41, 5.74) is 0.464. The van der Waals surface area contributed by atoms with E-state index < -0.39 is 0 Å². The number of nitrogens with one attached hydrogen (secondary N) is 2. The highest BCUT2D eigenvalue weighted by Crippen LogP contribution is 2.22. The Bertz CT molecular complexity index is 526. The van der Waals surface area contributed by atoms with E-state index in [0.29, 0.717) is 28.0 Å². The number of benzene rings is 1. The standard InChI is InChI=1S/C11H9Cl2N3O/c12-8-2-1-7(5-9(8)13)11(17)16-6-10-14-3-4-15-10/h1-5H,6H2,(H,14,15)(H,16,17). The quantitative estimate of drug-likeness (QED) is 0.900. The van der Waals surface area contributed by atoms with Crippen LogP contribution in [-0.4, -0.2) is 15.9 Å².